The van der Waals surface area contributed by atoms with Gasteiger partial charge in [-0.3, -0.25) is 0 Å². The quantitative estimate of drug-likeness (QED) is 0.565. The zero-order valence-electron chi connectivity index (χ0n) is 16.5. The number of ether oxygens (including phenoxy) is 1. The SMILES string of the molecule is CN1CCC(Nc2cc(F)cc3c2ccn3COCC[Si](C)(C)C)CC1. The molecular formula is C20H32FN3OSi. The summed E-state index contributed by atoms with van der Waals surface area (Å²) in [6.07, 6.45) is 4.18. The summed E-state index contributed by atoms with van der Waals surface area (Å²) in [4.78, 5) is 2.34. The first kappa shape index (κ1) is 19.4. The smallest absolute Gasteiger partial charge is 0.127 e. The summed E-state index contributed by atoms with van der Waals surface area (Å²) in [6.45, 7) is 10.5. The van der Waals surface area contributed by atoms with E-state index < -0.39 is 8.07 Å². The molecule has 1 N–H and O–H groups in total. The van der Waals surface area contributed by atoms with Crippen molar-refractivity contribution in [2.24, 2.45) is 0 Å². The average Bonchev–Trinajstić information content (AvgIpc) is 2.96. The van der Waals surface area contributed by atoms with Crippen LogP contribution in [0.5, 0.6) is 0 Å². The van der Waals surface area contributed by atoms with Gasteiger partial charge in [0.05, 0.1) is 5.52 Å². The summed E-state index contributed by atoms with van der Waals surface area (Å²) in [7, 11) is 1.06. The summed E-state index contributed by atoms with van der Waals surface area (Å²) in [5, 5.41) is 4.64. The summed E-state index contributed by atoms with van der Waals surface area (Å²) < 4.78 is 22.1. The number of fused-ring (bicyclic) bond motifs is 1. The van der Waals surface area contributed by atoms with E-state index in [-0.39, 0.29) is 5.82 Å². The zero-order chi connectivity index (χ0) is 18.7. The van der Waals surface area contributed by atoms with E-state index in [1.54, 1.807) is 12.1 Å². The molecule has 1 aromatic heterocycles. The molecule has 1 saturated heterocycles. The molecule has 0 amide bonds. The van der Waals surface area contributed by atoms with Crippen LogP contribution in [0.1, 0.15) is 12.8 Å². The van der Waals surface area contributed by atoms with Crippen LogP contribution in [-0.4, -0.2) is 50.3 Å². The van der Waals surface area contributed by atoms with Crippen molar-refractivity contribution >= 4 is 24.7 Å². The van der Waals surface area contributed by atoms with Crippen molar-refractivity contribution in [3.8, 4) is 0 Å². The second-order valence-corrected chi connectivity index (χ2v) is 14.4. The van der Waals surface area contributed by atoms with Crippen molar-refractivity contribution in [3.05, 3.63) is 30.2 Å². The minimum absolute atomic E-state index is 0.199. The molecule has 0 unspecified atom stereocenters. The Morgan fingerprint density at radius 3 is 2.65 bits per heavy atom. The van der Waals surface area contributed by atoms with E-state index >= 15 is 0 Å². The van der Waals surface area contributed by atoms with E-state index in [0.29, 0.717) is 12.8 Å². The average molecular weight is 378 g/mol. The first-order chi connectivity index (χ1) is 12.3. The maximum atomic E-state index is 14.2. The maximum Gasteiger partial charge on any atom is 0.127 e. The highest BCUT2D eigenvalue weighted by Gasteiger charge is 2.18. The number of nitrogens with one attached hydrogen (secondary N) is 1. The normalized spacial score (nSPS) is 17.1. The van der Waals surface area contributed by atoms with Gasteiger partial charge in [-0.05, 0) is 57.2 Å². The zero-order valence-corrected chi connectivity index (χ0v) is 17.5. The number of benzene rings is 1. The molecule has 2 heterocycles. The predicted octanol–water partition coefficient (Wildman–Crippen LogP) is 4.60. The van der Waals surface area contributed by atoms with Crippen molar-refractivity contribution in [2.45, 2.75) is 51.3 Å². The molecule has 26 heavy (non-hydrogen) atoms. The third-order valence-electron chi connectivity index (χ3n) is 5.16. The Morgan fingerprint density at radius 1 is 1.23 bits per heavy atom. The van der Waals surface area contributed by atoms with Crippen LogP contribution in [0.2, 0.25) is 25.7 Å². The number of aromatic nitrogens is 1. The van der Waals surface area contributed by atoms with Gasteiger partial charge in [0.15, 0.2) is 0 Å². The molecule has 0 aliphatic carbocycles. The highest BCUT2D eigenvalue weighted by molar-refractivity contribution is 6.76. The molecule has 0 spiro atoms. The first-order valence-electron chi connectivity index (χ1n) is 9.63. The molecule has 3 rings (SSSR count). The lowest BCUT2D eigenvalue weighted by Crippen LogP contribution is -2.36. The molecule has 0 radical (unpaired) electrons. The number of nitrogens with zero attached hydrogens (tertiary/aromatic N) is 2. The lowest BCUT2D eigenvalue weighted by molar-refractivity contribution is 0.0902. The topological polar surface area (TPSA) is 29.4 Å². The van der Waals surface area contributed by atoms with Gasteiger partial charge in [-0.1, -0.05) is 19.6 Å². The molecule has 1 fully saturated rings. The Bertz CT molecular complexity index is 732. The summed E-state index contributed by atoms with van der Waals surface area (Å²) in [6, 6.07) is 6.85. The fraction of sp³-hybridized carbons (Fsp3) is 0.600. The first-order valence-corrected chi connectivity index (χ1v) is 13.3. The Balaban J connectivity index is 1.70. The Morgan fingerprint density at radius 2 is 1.96 bits per heavy atom. The highest BCUT2D eigenvalue weighted by atomic mass is 28.3. The number of rotatable bonds is 7. The minimum Gasteiger partial charge on any atom is -0.382 e. The largest absolute Gasteiger partial charge is 0.382 e. The van der Waals surface area contributed by atoms with Gasteiger partial charge < -0.3 is 19.5 Å². The number of piperidine rings is 1. The van der Waals surface area contributed by atoms with E-state index in [9.17, 15) is 4.39 Å². The fourth-order valence-corrected chi connectivity index (χ4v) is 4.16. The molecule has 144 valence electrons. The Labute approximate surface area is 157 Å². The lowest BCUT2D eigenvalue weighted by Gasteiger charge is -2.30. The van der Waals surface area contributed by atoms with E-state index in [0.717, 1.165) is 55.2 Å². The summed E-state index contributed by atoms with van der Waals surface area (Å²) in [5.74, 6) is -0.199. The van der Waals surface area contributed by atoms with Gasteiger partial charge in [0.25, 0.3) is 0 Å². The standard InChI is InChI=1S/C20H32FN3OSi/c1-23-8-5-17(6-9-23)22-19-13-16(21)14-20-18(19)7-10-24(20)15-25-11-12-26(2,3)4/h7,10,13-14,17,22H,5-6,8-9,11-12,15H2,1-4H3. The second kappa shape index (κ2) is 8.11. The molecule has 0 saturated carbocycles. The van der Waals surface area contributed by atoms with Gasteiger partial charge in [-0.15, -0.1) is 0 Å². The lowest BCUT2D eigenvalue weighted by atomic mass is 10.0. The van der Waals surface area contributed by atoms with Crippen LogP contribution in [-0.2, 0) is 11.5 Å². The molecule has 1 aliphatic rings. The van der Waals surface area contributed by atoms with Gasteiger partial charge in [-0.25, -0.2) is 4.39 Å². The molecule has 0 bridgehead atoms. The number of hydrogen-bond acceptors (Lipinski definition) is 3. The van der Waals surface area contributed by atoms with Crippen LogP contribution in [0.3, 0.4) is 0 Å². The van der Waals surface area contributed by atoms with E-state index in [4.69, 9.17) is 4.74 Å². The van der Waals surface area contributed by atoms with Crippen molar-refractivity contribution in [1.82, 2.24) is 9.47 Å². The van der Waals surface area contributed by atoms with Crippen molar-refractivity contribution in [2.75, 3.05) is 32.1 Å². The number of likely N-dealkylation sites (tertiary alicyclic amines) is 1. The summed E-state index contributed by atoms with van der Waals surface area (Å²) in [5.41, 5.74) is 1.80. The van der Waals surface area contributed by atoms with Gasteiger partial charge >= 0.3 is 0 Å². The van der Waals surface area contributed by atoms with Crippen molar-refractivity contribution in [1.29, 1.82) is 0 Å². The van der Waals surface area contributed by atoms with Gasteiger partial charge in [0.1, 0.15) is 12.5 Å². The minimum atomic E-state index is -1.09. The number of anilines is 1. The van der Waals surface area contributed by atoms with Crippen molar-refractivity contribution in [3.63, 3.8) is 0 Å². The van der Waals surface area contributed by atoms with Gasteiger partial charge in [0, 0.05) is 38.0 Å². The maximum absolute atomic E-state index is 14.2. The molecule has 6 heteroatoms. The fourth-order valence-electron chi connectivity index (χ4n) is 3.41. The third kappa shape index (κ3) is 5.08. The molecular weight excluding hydrogens is 345 g/mol. The van der Waals surface area contributed by atoms with E-state index in [2.05, 4.69) is 43.0 Å². The Hall–Kier alpha value is -1.37. The van der Waals surface area contributed by atoms with Gasteiger partial charge in [0.2, 0.25) is 0 Å². The van der Waals surface area contributed by atoms with Crippen LogP contribution in [0.25, 0.3) is 10.9 Å². The molecule has 2 aromatic rings. The third-order valence-corrected chi connectivity index (χ3v) is 6.86. The molecule has 4 nitrogen and oxygen atoms in total. The molecule has 1 aliphatic heterocycles. The predicted molar refractivity (Wildman–Crippen MR) is 110 cm³/mol. The number of hydrogen-bond donors (Lipinski definition) is 1. The van der Waals surface area contributed by atoms with E-state index in [1.165, 1.54) is 0 Å². The van der Waals surface area contributed by atoms with Crippen LogP contribution < -0.4 is 5.32 Å². The Kier molecular flexibility index (Phi) is 6.05. The van der Waals surface area contributed by atoms with Gasteiger partial charge in [-0.2, -0.15) is 0 Å². The van der Waals surface area contributed by atoms with Crippen LogP contribution in [0.4, 0.5) is 10.1 Å². The molecule has 0 atom stereocenters. The van der Waals surface area contributed by atoms with E-state index in [1.807, 2.05) is 10.8 Å². The van der Waals surface area contributed by atoms with Crippen molar-refractivity contribution < 1.29 is 9.13 Å². The summed E-state index contributed by atoms with van der Waals surface area (Å²) >= 11 is 0. The molecule has 1 aromatic carbocycles. The van der Waals surface area contributed by atoms with Crippen LogP contribution >= 0.6 is 0 Å². The second-order valence-electron chi connectivity index (χ2n) is 8.74. The van der Waals surface area contributed by atoms with Crippen LogP contribution in [0, 0.1) is 5.82 Å². The highest BCUT2D eigenvalue weighted by Crippen LogP contribution is 2.28. The monoisotopic (exact) mass is 377 g/mol. The number of halogens is 1. The van der Waals surface area contributed by atoms with Crippen LogP contribution in [0.15, 0.2) is 24.4 Å².